The molecule has 1 atom stereocenters. The van der Waals surface area contributed by atoms with E-state index in [0.29, 0.717) is 19.1 Å². The topological polar surface area (TPSA) is 26.8 Å². The molecule has 1 aromatic carbocycles. The second-order valence-electron chi connectivity index (χ2n) is 6.82. The smallest absolute Gasteiger partial charge is 0.258 e. The molecule has 4 nitrogen and oxygen atoms in total. The zero-order valence-electron chi connectivity index (χ0n) is 14.2. The number of benzene rings is 1. The fourth-order valence-corrected chi connectivity index (χ4v) is 3.91. The van der Waals surface area contributed by atoms with Gasteiger partial charge in [0.2, 0.25) is 0 Å². The summed E-state index contributed by atoms with van der Waals surface area (Å²) >= 11 is 6.01. The molecule has 2 heterocycles. The lowest BCUT2D eigenvalue weighted by atomic mass is 10.0. The molecule has 0 radical (unpaired) electrons. The van der Waals surface area contributed by atoms with Gasteiger partial charge in [-0.05, 0) is 38.6 Å². The molecule has 1 aromatic rings. The molecular formula is C18H25ClFN3O. The standard InChI is InChI=1S/C18H25ClFN3O/c1-21-8-3-2-5-14(21)13-22-9-11-23(12-10-22)18(24)17-15(19)6-4-7-16(17)20/h4,6-7,14H,2-3,5,8-13H2,1H3. The van der Waals surface area contributed by atoms with Crippen molar-refractivity contribution < 1.29 is 9.18 Å². The lowest BCUT2D eigenvalue weighted by Crippen LogP contribution is -2.53. The van der Waals surface area contributed by atoms with E-state index in [-0.39, 0.29) is 16.5 Å². The first-order valence-corrected chi connectivity index (χ1v) is 9.10. The van der Waals surface area contributed by atoms with Crippen LogP contribution in [0.4, 0.5) is 4.39 Å². The van der Waals surface area contributed by atoms with Crippen LogP contribution in [0.15, 0.2) is 18.2 Å². The van der Waals surface area contributed by atoms with Crippen molar-refractivity contribution in [2.24, 2.45) is 0 Å². The van der Waals surface area contributed by atoms with Gasteiger partial charge in [-0.15, -0.1) is 0 Å². The molecule has 2 aliphatic rings. The minimum atomic E-state index is -0.543. The molecule has 2 fully saturated rings. The van der Waals surface area contributed by atoms with E-state index in [1.807, 2.05) is 0 Å². The van der Waals surface area contributed by atoms with Gasteiger partial charge in [-0.1, -0.05) is 24.1 Å². The summed E-state index contributed by atoms with van der Waals surface area (Å²) < 4.78 is 13.9. The third-order valence-corrected chi connectivity index (χ3v) is 5.54. The van der Waals surface area contributed by atoms with E-state index in [1.165, 1.54) is 37.9 Å². The zero-order chi connectivity index (χ0) is 17.1. The monoisotopic (exact) mass is 353 g/mol. The van der Waals surface area contributed by atoms with E-state index in [4.69, 9.17) is 11.6 Å². The largest absolute Gasteiger partial charge is 0.336 e. The van der Waals surface area contributed by atoms with Crippen molar-refractivity contribution in [1.29, 1.82) is 0 Å². The number of amides is 1. The molecule has 1 amide bonds. The van der Waals surface area contributed by atoms with Gasteiger partial charge in [0.05, 0.1) is 10.6 Å². The Balaban J connectivity index is 1.56. The molecule has 6 heteroatoms. The van der Waals surface area contributed by atoms with Crippen molar-refractivity contribution in [3.63, 3.8) is 0 Å². The van der Waals surface area contributed by atoms with Crippen LogP contribution in [0.25, 0.3) is 0 Å². The van der Waals surface area contributed by atoms with Gasteiger partial charge in [-0.3, -0.25) is 9.69 Å². The van der Waals surface area contributed by atoms with Gasteiger partial charge >= 0.3 is 0 Å². The van der Waals surface area contributed by atoms with Crippen LogP contribution in [0.3, 0.4) is 0 Å². The van der Waals surface area contributed by atoms with Crippen molar-refractivity contribution >= 4 is 17.5 Å². The highest BCUT2D eigenvalue weighted by Gasteiger charge is 2.28. The first-order valence-electron chi connectivity index (χ1n) is 8.72. The van der Waals surface area contributed by atoms with Gasteiger partial charge in [-0.25, -0.2) is 4.39 Å². The summed E-state index contributed by atoms with van der Waals surface area (Å²) in [6.45, 7) is 5.15. The van der Waals surface area contributed by atoms with Crippen LogP contribution in [-0.2, 0) is 0 Å². The molecule has 1 unspecified atom stereocenters. The van der Waals surface area contributed by atoms with Gasteiger partial charge in [-0.2, -0.15) is 0 Å². The zero-order valence-corrected chi connectivity index (χ0v) is 14.9. The number of hydrogen-bond acceptors (Lipinski definition) is 3. The summed E-state index contributed by atoms with van der Waals surface area (Å²) in [6, 6.07) is 4.98. The number of rotatable bonds is 3. The highest BCUT2D eigenvalue weighted by atomic mass is 35.5. The molecule has 0 N–H and O–H groups in total. The number of likely N-dealkylation sites (N-methyl/N-ethyl adjacent to an activating group) is 1. The summed E-state index contributed by atoms with van der Waals surface area (Å²) in [5, 5.41) is 0.186. The average Bonchev–Trinajstić information content (AvgIpc) is 2.57. The molecule has 0 spiro atoms. The van der Waals surface area contributed by atoms with Crippen LogP contribution in [-0.4, -0.2) is 73.0 Å². The molecule has 2 saturated heterocycles. The van der Waals surface area contributed by atoms with E-state index in [0.717, 1.165) is 19.6 Å². The number of carbonyl (C=O) groups is 1. The third kappa shape index (κ3) is 3.90. The SMILES string of the molecule is CN1CCCCC1CN1CCN(C(=O)c2c(F)cccc2Cl)CC1. The van der Waals surface area contributed by atoms with E-state index >= 15 is 0 Å². The van der Waals surface area contributed by atoms with E-state index < -0.39 is 5.82 Å². The minimum absolute atomic E-state index is 0.000342. The van der Waals surface area contributed by atoms with Crippen molar-refractivity contribution in [2.45, 2.75) is 25.3 Å². The highest BCUT2D eigenvalue weighted by Crippen LogP contribution is 2.22. The number of carbonyl (C=O) groups excluding carboxylic acids is 1. The summed E-state index contributed by atoms with van der Waals surface area (Å²) in [5.41, 5.74) is -0.000342. The number of piperidine rings is 1. The number of halogens is 2. The van der Waals surface area contributed by atoms with Crippen molar-refractivity contribution in [3.05, 3.63) is 34.6 Å². The van der Waals surface area contributed by atoms with Crippen LogP contribution in [0.1, 0.15) is 29.6 Å². The lowest BCUT2D eigenvalue weighted by Gasteiger charge is -2.40. The second-order valence-corrected chi connectivity index (χ2v) is 7.23. The predicted molar refractivity (Wildman–Crippen MR) is 94.0 cm³/mol. The number of nitrogens with zero attached hydrogens (tertiary/aromatic N) is 3. The number of likely N-dealkylation sites (tertiary alicyclic amines) is 1. The number of hydrogen-bond donors (Lipinski definition) is 0. The van der Waals surface area contributed by atoms with Crippen LogP contribution in [0.2, 0.25) is 5.02 Å². The second kappa shape index (κ2) is 7.81. The van der Waals surface area contributed by atoms with E-state index in [2.05, 4.69) is 16.8 Å². The molecule has 0 aliphatic carbocycles. The van der Waals surface area contributed by atoms with Gasteiger partial charge in [0, 0.05) is 38.8 Å². The maximum atomic E-state index is 13.9. The third-order valence-electron chi connectivity index (χ3n) is 5.23. The van der Waals surface area contributed by atoms with Crippen molar-refractivity contribution in [2.75, 3.05) is 46.3 Å². The van der Waals surface area contributed by atoms with Gasteiger partial charge in [0.25, 0.3) is 5.91 Å². The molecule has 0 saturated carbocycles. The quantitative estimate of drug-likeness (QED) is 0.836. The molecule has 24 heavy (non-hydrogen) atoms. The Hall–Kier alpha value is -1.17. The highest BCUT2D eigenvalue weighted by molar-refractivity contribution is 6.33. The Kier molecular flexibility index (Phi) is 5.74. The molecule has 3 rings (SSSR count). The van der Waals surface area contributed by atoms with Gasteiger partial charge in [0.1, 0.15) is 5.82 Å². The molecule has 2 aliphatic heterocycles. The maximum absolute atomic E-state index is 13.9. The Bertz CT molecular complexity index is 569. The molecule has 132 valence electrons. The molecule has 0 aromatic heterocycles. The summed E-state index contributed by atoms with van der Waals surface area (Å²) in [6.07, 6.45) is 3.85. The first kappa shape index (κ1) is 17.6. The lowest BCUT2D eigenvalue weighted by molar-refractivity contribution is 0.0561. The van der Waals surface area contributed by atoms with Gasteiger partial charge in [0.15, 0.2) is 0 Å². The van der Waals surface area contributed by atoms with E-state index in [9.17, 15) is 9.18 Å². The van der Waals surface area contributed by atoms with Crippen LogP contribution in [0, 0.1) is 5.82 Å². The summed E-state index contributed by atoms with van der Waals surface area (Å²) in [7, 11) is 2.20. The van der Waals surface area contributed by atoms with Crippen LogP contribution in [0.5, 0.6) is 0 Å². The Morgan fingerprint density at radius 2 is 1.96 bits per heavy atom. The van der Waals surface area contributed by atoms with Crippen LogP contribution >= 0.6 is 11.6 Å². The Morgan fingerprint density at radius 1 is 1.21 bits per heavy atom. The molecular weight excluding hydrogens is 329 g/mol. The first-order chi connectivity index (χ1) is 11.6. The Labute approximate surface area is 148 Å². The average molecular weight is 354 g/mol. The Morgan fingerprint density at radius 3 is 2.62 bits per heavy atom. The maximum Gasteiger partial charge on any atom is 0.258 e. The van der Waals surface area contributed by atoms with Crippen molar-refractivity contribution in [3.8, 4) is 0 Å². The number of piperazine rings is 1. The minimum Gasteiger partial charge on any atom is -0.336 e. The summed E-state index contributed by atoms with van der Waals surface area (Å²) in [5.74, 6) is -0.841. The summed E-state index contributed by atoms with van der Waals surface area (Å²) in [4.78, 5) is 19.1. The molecule has 0 bridgehead atoms. The van der Waals surface area contributed by atoms with Crippen LogP contribution < -0.4 is 0 Å². The predicted octanol–water partition coefficient (Wildman–Crippen LogP) is 2.72. The van der Waals surface area contributed by atoms with E-state index in [1.54, 1.807) is 11.0 Å². The van der Waals surface area contributed by atoms with Gasteiger partial charge < -0.3 is 9.80 Å². The fourth-order valence-electron chi connectivity index (χ4n) is 3.67. The van der Waals surface area contributed by atoms with Crippen molar-refractivity contribution in [1.82, 2.24) is 14.7 Å². The normalized spacial score (nSPS) is 23.5. The fraction of sp³-hybridized carbons (Fsp3) is 0.611.